The largest absolute Gasteiger partial charge is 0.484 e. The molecule has 0 N–H and O–H groups in total. The first-order valence-corrected chi connectivity index (χ1v) is 9.83. The van der Waals surface area contributed by atoms with Gasteiger partial charge in [-0.25, -0.2) is 4.79 Å². The molecule has 6 heteroatoms. The van der Waals surface area contributed by atoms with Crippen LogP contribution in [0.3, 0.4) is 0 Å². The van der Waals surface area contributed by atoms with Crippen LogP contribution in [0.4, 0.5) is 0 Å². The fraction of sp³-hybridized carbons (Fsp3) is 0.304. The Bertz CT molecular complexity index is 1040. The van der Waals surface area contributed by atoms with Gasteiger partial charge in [-0.15, -0.1) is 0 Å². The zero-order chi connectivity index (χ0) is 20.2. The van der Waals surface area contributed by atoms with Crippen LogP contribution < -0.4 is 10.4 Å². The fourth-order valence-electron chi connectivity index (χ4n) is 3.67. The van der Waals surface area contributed by atoms with Gasteiger partial charge < -0.3 is 14.1 Å². The summed E-state index contributed by atoms with van der Waals surface area (Å²) >= 11 is 0. The zero-order valence-electron chi connectivity index (χ0n) is 16.4. The molecular weight excluding hydrogens is 368 g/mol. The van der Waals surface area contributed by atoms with Crippen LogP contribution >= 0.6 is 0 Å². The number of rotatable bonds is 5. The molecule has 6 nitrogen and oxygen atoms in total. The van der Waals surface area contributed by atoms with E-state index in [1.807, 2.05) is 17.0 Å². The van der Waals surface area contributed by atoms with Gasteiger partial charge in [-0.1, -0.05) is 30.3 Å². The average molecular weight is 392 g/mol. The molecule has 0 bridgehead atoms. The third-order valence-corrected chi connectivity index (χ3v) is 5.45. The van der Waals surface area contributed by atoms with Gasteiger partial charge in [0.1, 0.15) is 11.3 Å². The molecule has 1 aliphatic rings. The van der Waals surface area contributed by atoms with Gasteiger partial charge in [0.25, 0.3) is 5.91 Å². The van der Waals surface area contributed by atoms with Gasteiger partial charge in [0.05, 0.1) is 0 Å². The minimum Gasteiger partial charge on any atom is -0.484 e. The summed E-state index contributed by atoms with van der Waals surface area (Å²) in [6.07, 6.45) is 0. The Balaban J connectivity index is 1.30. The molecule has 3 aromatic rings. The summed E-state index contributed by atoms with van der Waals surface area (Å²) in [5.74, 6) is 0.475. The number of amides is 1. The van der Waals surface area contributed by atoms with Crippen molar-refractivity contribution >= 4 is 16.9 Å². The van der Waals surface area contributed by atoms with Crippen molar-refractivity contribution in [3.8, 4) is 5.75 Å². The summed E-state index contributed by atoms with van der Waals surface area (Å²) in [6.45, 7) is 5.22. The lowest BCUT2D eigenvalue weighted by molar-refractivity contribution is -0.135. The molecule has 29 heavy (non-hydrogen) atoms. The van der Waals surface area contributed by atoms with Crippen LogP contribution in [-0.2, 0) is 4.79 Å². The molecule has 0 unspecified atom stereocenters. The molecule has 1 saturated heterocycles. The van der Waals surface area contributed by atoms with Gasteiger partial charge in [0, 0.05) is 49.7 Å². The minimum absolute atomic E-state index is 0.0309. The normalized spacial score (nSPS) is 16.0. The van der Waals surface area contributed by atoms with Crippen molar-refractivity contribution in [3.63, 3.8) is 0 Å². The molecular formula is C23H24N2O4. The van der Waals surface area contributed by atoms with E-state index in [1.54, 1.807) is 18.2 Å². The van der Waals surface area contributed by atoms with Crippen molar-refractivity contribution in [3.05, 3.63) is 76.6 Å². The summed E-state index contributed by atoms with van der Waals surface area (Å²) in [7, 11) is 0. The highest BCUT2D eigenvalue weighted by Crippen LogP contribution is 2.22. The van der Waals surface area contributed by atoms with Crippen LogP contribution in [0.5, 0.6) is 5.75 Å². The lowest BCUT2D eigenvalue weighted by Crippen LogP contribution is -2.50. The van der Waals surface area contributed by atoms with E-state index in [9.17, 15) is 9.59 Å². The number of carbonyl (C=O) groups is 1. The standard InChI is InChI=1S/C23H24N2O4/c1-17(18-5-3-2-4-6-18)24-11-13-25(14-12-24)22(26)16-28-20-9-7-19-8-10-23(27)29-21(19)15-20/h2-10,15,17H,11-14,16H2,1H3/t17-/m0/s1. The lowest BCUT2D eigenvalue weighted by Gasteiger charge is -2.38. The molecule has 1 atom stereocenters. The number of benzene rings is 2. The van der Waals surface area contributed by atoms with E-state index in [-0.39, 0.29) is 12.5 Å². The summed E-state index contributed by atoms with van der Waals surface area (Å²) in [5.41, 5.74) is 1.33. The lowest BCUT2D eigenvalue weighted by atomic mass is 10.1. The first-order chi connectivity index (χ1) is 14.1. The molecule has 2 heterocycles. The Labute approximate surface area is 169 Å². The maximum atomic E-state index is 12.5. The van der Waals surface area contributed by atoms with Crippen LogP contribution in [0.15, 0.2) is 69.9 Å². The van der Waals surface area contributed by atoms with Crippen molar-refractivity contribution in [1.29, 1.82) is 0 Å². The molecule has 150 valence electrons. The molecule has 1 aromatic heterocycles. The molecule has 2 aromatic carbocycles. The molecule has 0 saturated carbocycles. The molecule has 0 spiro atoms. The third kappa shape index (κ3) is 4.49. The van der Waals surface area contributed by atoms with E-state index in [4.69, 9.17) is 9.15 Å². The van der Waals surface area contributed by atoms with Crippen LogP contribution in [0, 0.1) is 0 Å². The first kappa shape index (κ1) is 19.2. The van der Waals surface area contributed by atoms with Crippen LogP contribution in [0.1, 0.15) is 18.5 Å². The van der Waals surface area contributed by atoms with Crippen molar-refractivity contribution in [2.24, 2.45) is 0 Å². The van der Waals surface area contributed by atoms with Crippen molar-refractivity contribution in [2.45, 2.75) is 13.0 Å². The number of carbonyl (C=O) groups excluding carboxylic acids is 1. The number of hydrogen-bond donors (Lipinski definition) is 0. The minimum atomic E-state index is -0.409. The van der Waals surface area contributed by atoms with Crippen LogP contribution in [-0.4, -0.2) is 48.5 Å². The summed E-state index contributed by atoms with van der Waals surface area (Å²) < 4.78 is 10.8. The highest BCUT2D eigenvalue weighted by Gasteiger charge is 2.24. The Morgan fingerprint density at radius 2 is 1.76 bits per heavy atom. The van der Waals surface area contributed by atoms with Gasteiger partial charge in [0.15, 0.2) is 6.61 Å². The quantitative estimate of drug-likeness (QED) is 0.625. The van der Waals surface area contributed by atoms with E-state index < -0.39 is 5.63 Å². The first-order valence-electron chi connectivity index (χ1n) is 9.83. The van der Waals surface area contributed by atoms with Crippen LogP contribution in [0.25, 0.3) is 11.0 Å². The topological polar surface area (TPSA) is 63.0 Å². The van der Waals surface area contributed by atoms with Crippen molar-refractivity contribution in [2.75, 3.05) is 32.8 Å². The molecule has 0 radical (unpaired) electrons. The van der Waals surface area contributed by atoms with Gasteiger partial charge in [0.2, 0.25) is 0 Å². The number of ether oxygens (including phenoxy) is 1. The number of nitrogens with zero attached hydrogens (tertiary/aromatic N) is 2. The van der Waals surface area contributed by atoms with Crippen molar-refractivity contribution < 1.29 is 13.9 Å². The summed E-state index contributed by atoms with van der Waals surface area (Å²) in [5, 5.41) is 0.812. The van der Waals surface area contributed by atoms with E-state index in [0.717, 1.165) is 18.5 Å². The number of piperazine rings is 1. The Hall–Kier alpha value is -3.12. The van der Waals surface area contributed by atoms with E-state index in [2.05, 4.69) is 36.1 Å². The highest BCUT2D eigenvalue weighted by molar-refractivity contribution is 5.79. The summed E-state index contributed by atoms with van der Waals surface area (Å²) in [4.78, 5) is 28.1. The van der Waals surface area contributed by atoms with Gasteiger partial charge in [-0.05, 0) is 30.7 Å². The number of fused-ring (bicyclic) bond motifs is 1. The zero-order valence-corrected chi connectivity index (χ0v) is 16.4. The van der Waals surface area contributed by atoms with Gasteiger partial charge in [-0.2, -0.15) is 0 Å². The highest BCUT2D eigenvalue weighted by atomic mass is 16.5. The van der Waals surface area contributed by atoms with E-state index in [1.165, 1.54) is 11.6 Å². The second kappa shape index (κ2) is 8.49. The monoisotopic (exact) mass is 392 g/mol. The third-order valence-electron chi connectivity index (χ3n) is 5.45. The predicted octanol–water partition coefficient (Wildman–Crippen LogP) is 3.08. The molecule has 1 aliphatic heterocycles. The fourth-order valence-corrected chi connectivity index (χ4v) is 3.67. The van der Waals surface area contributed by atoms with Crippen LogP contribution in [0.2, 0.25) is 0 Å². The Kier molecular flexibility index (Phi) is 5.62. The second-order valence-electron chi connectivity index (χ2n) is 7.25. The summed E-state index contributed by atoms with van der Waals surface area (Å²) in [6, 6.07) is 19.1. The molecule has 1 amide bonds. The maximum Gasteiger partial charge on any atom is 0.336 e. The predicted molar refractivity (Wildman–Crippen MR) is 111 cm³/mol. The number of hydrogen-bond acceptors (Lipinski definition) is 5. The second-order valence-corrected chi connectivity index (χ2v) is 7.25. The Morgan fingerprint density at radius 3 is 2.52 bits per heavy atom. The van der Waals surface area contributed by atoms with Crippen molar-refractivity contribution in [1.82, 2.24) is 9.80 Å². The molecule has 1 fully saturated rings. The molecule has 0 aliphatic carbocycles. The SMILES string of the molecule is C[C@@H](c1ccccc1)N1CCN(C(=O)COc2ccc3ccc(=O)oc3c2)CC1. The maximum absolute atomic E-state index is 12.5. The van der Waals surface area contributed by atoms with Gasteiger partial charge >= 0.3 is 5.63 Å². The Morgan fingerprint density at radius 1 is 1.03 bits per heavy atom. The van der Waals surface area contributed by atoms with Gasteiger partial charge in [-0.3, -0.25) is 9.69 Å². The molecule has 4 rings (SSSR count). The van der Waals surface area contributed by atoms with E-state index in [0.29, 0.717) is 30.5 Å². The average Bonchev–Trinajstić information content (AvgIpc) is 2.77. The van der Waals surface area contributed by atoms with E-state index >= 15 is 0 Å². The smallest absolute Gasteiger partial charge is 0.336 e.